The average molecular weight is 229 g/mol. The first-order chi connectivity index (χ1) is 5.76. The minimum Gasteiger partial charge on any atom is -0.380 e. The summed E-state index contributed by atoms with van der Waals surface area (Å²) in [5, 5.41) is 0.908. The average Bonchev–Trinajstić information content (AvgIpc) is 2.04. The highest BCUT2D eigenvalue weighted by Crippen LogP contribution is 2.13. The van der Waals surface area contributed by atoms with Gasteiger partial charge in [0.05, 0.1) is 6.61 Å². The Morgan fingerprint density at radius 3 is 2.50 bits per heavy atom. The topological polar surface area (TPSA) is 9.23 Å². The number of ether oxygens (including phenoxy) is 1. The molecule has 0 aliphatic rings. The van der Waals surface area contributed by atoms with Crippen molar-refractivity contribution in [3.8, 4) is 0 Å². The number of alkyl halides is 1. The third-order valence-electron chi connectivity index (χ3n) is 1.66. The van der Waals surface area contributed by atoms with Gasteiger partial charge in [-0.25, -0.2) is 0 Å². The fourth-order valence-corrected chi connectivity index (χ4v) is 1.60. The molecular formula is C10H13BrO. The van der Waals surface area contributed by atoms with Gasteiger partial charge in [-0.2, -0.15) is 0 Å². The van der Waals surface area contributed by atoms with Gasteiger partial charge in [-0.15, -0.1) is 0 Å². The maximum Gasteiger partial charge on any atom is 0.0713 e. The number of hydrogen-bond acceptors (Lipinski definition) is 1. The molecule has 0 heterocycles. The predicted octanol–water partition coefficient (Wildman–Crippen LogP) is 3.04. The molecule has 0 bridgehead atoms. The van der Waals surface area contributed by atoms with Gasteiger partial charge in [-0.1, -0.05) is 39.7 Å². The maximum absolute atomic E-state index is 5.07. The fraction of sp³-hybridized carbons (Fsp3) is 0.400. The molecule has 1 rings (SSSR count). The van der Waals surface area contributed by atoms with Crippen LogP contribution in [0, 0.1) is 6.92 Å². The summed E-state index contributed by atoms with van der Waals surface area (Å²) in [7, 11) is 1.72. The van der Waals surface area contributed by atoms with Gasteiger partial charge in [-0.05, 0) is 18.1 Å². The van der Waals surface area contributed by atoms with E-state index in [1.54, 1.807) is 7.11 Å². The van der Waals surface area contributed by atoms with Gasteiger partial charge in [0.1, 0.15) is 0 Å². The number of hydrogen-bond donors (Lipinski definition) is 0. The monoisotopic (exact) mass is 228 g/mol. The summed E-state index contributed by atoms with van der Waals surface area (Å²) in [6.45, 7) is 2.80. The molecule has 0 N–H and O–H groups in total. The Bertz CT molecular complexity index is 258. The molecule has 1 aromatic rings. The van der Waals surface area contributed by atoms with Crippen LogP contribution in [0.1, 0.15) is 16.7 Å². The molecule has 0 atom stereocenters. The molecule has 66 valence electrons. The van der Waals surface area contributed by atoms with Crippen LogP contribution in [0.3, 0.4) is 0 Å². The van der Waals surface area contributed by atoms with Crippen LogP contribution in [-0.4, -0.2) is 7.11 Å². The van der Waals surface area contributed by atoms with Gasteiger partial charge in [0.15, 0.2) is 0 Å². The molecule has 0 unspecified atom stereocenters. The van der Waals surface area contributed by atoms with Crippen LogP contribution in [0.15, 0.2) is 18.2 Å². The first kappa shape index (κ1) is 9.75. The van der Waals surface area contributed by atoms with Crippen molar-refractivity contribution < 1.29 is 4.74 Å². The van der Waals surface area contributed by atoms with Gasteiger partial charge >= 0.3 is 0 Å². The Morgan fingerprint density at radius 2 is 1.92 bits per heavy atom. The lowest BCUT2D eigenvalue weighted by Crippen LogP contribution is -1.90. The van der Waals surface area contributed by atoms with Crippen LogP contribution >= 0.6 is 15.9 Å². The minimum absolute atomic E-state index is 0.696. The SMILES string of the molecule is COCc1cc(C)cc(CBr)c1. The molecule has 0 amide bonds. The summed E-state index contributed by atoms with van der Waals surface area (Å²) >= 11 is 3.44. The molecule has 0 saturated carbocycles. The zero-order valence-electron chi connectivity index (χ0n) is 7.43. The van der Waals surface area contributed by atoms with Crippen molar-refractivity contribution in [2.75, 3.05) is 7.11 Å². The Morgan fingerprint density at radius 1 is 1.25 bits per heavy atom. The van der Waals surface area contributed by atoms with E-state index in [-0.39, 0.29) is 0 Å². The third kappa shape index (κ3) is 2.61. The largest absolute Gasteiger partial charge is 0.380 e. The van der Waals surface area contributed by atoms with E-state index in [4.69, 9.17) is 4.74 Å². The van der Waals surface area contributed by atoms with E-state index < -0.39 is 0 Å². The van der Waals surface area contributed by atoms with Crippen LogP contribution in [0.2, 0.25) is 0 Å². The normalized spacial score (nSPS) is 10.2. The summed E-state index contributed by atoms with van der Waals surface area (Å²) in [5.41, 5.74) is 3.84. The van der Waals surface area contributed by atoms with Crippen LogP contribution in [0.5, 0.6) is 0 Å². The summed E-state index contributed by atoms with van der Waals surface area (Å²) in [5.74, 6) is 0. The number of rotatable bonds is 3. The molecule has 0 aliphatic carbocycles. The highest BCUT2D eigenvalue weighted by atomic mass is 79.9. The van der Waals surface area contributed by atoms with Crippen molar-refractivity contribution in [1.29, 1.82) is 0 Å². The van der Waals surface area contributed by atoms with Gasteiger partial charge in [0.2, 0.25) is 0 Å². The molecule has 0 aliphatic heterocycles. The van der Waals surface area contributed by atoms with Crippen molar-refractivity contribution >= 4 is 15.9 Å². The Hall–Kier alpha value is -0.340. The minimum atomic E-state index is 0.696. The lowest BCUT2D eigenvalue weighted by atomic mass is 10.1. The highest BCUT2D eigenvalue weighted by Gasteiger charge is 1.96. The number of methoxy groups -OCH3 is 1. The predicted molar refractivity (Wildman–Crippen MR) is 54.5 cm³/mol. The van der Waals surface area contributed by atoms with Gasteiger partial charge in [0.25, 0.3) is 0 Å². The molecule has 1 aromatic carbocycles. The molecule has 1 nitrogen and oxygen atoms in total. The lowest BCUT2D eigenvalue weighted by molar-refractivity contribution is 0.185. The van der Waals surface area contributed by atoms with Crippen molar-refractivity contribution in [3.63, 3.8) is 0 Å². The van der Waals surface area contributed by atoms with Crippen LogP contribution in [-0.2, 0) is 16.7 Å². The highest BCUT2D eigenvalue weighted by molar-refractivity contribution is 9.08. The van der Waals surface area contributed by atoms with Crippen molar-refractivity contribution in [2.45, 2.75) is 18.9 Å². The Kier molecular flexibility index (Phi) is 3.76. The van der Waals surface area contributed by atoms with E-state index in [9.17, 15) is 0 Å². The van der Waals surface area contributed by atoms with E-state index in [1.165, 1.54) is 16.7 Å². The quantitative estimate of drug-likeness (QED) is 0.724. The first-order valence-corrected chi connectivity index (χ1v) is 5.02. The van der Waals surface area contributed by atoms with Gasteiger partial charge in [0, 0.05) is 12.4 Å². The van der Waals surface area contributed by atoms with E-state index >= 15 is 0 Å². The fourth-order valence-electron chi connectivity index (χ4n) is 1.28. The third-order valence-corrected chi connectivity index (χ3v) is 2.31. The summed E-state index contributed by atoms with van der Waals surface area (Å²) in [6.07, 6.45) is 0. The Labute approximate surface area is 81.9 Å². The van der Waals surface area contributed by atoms with Crippen molar-refractivity contribution in [1.82, 2.24) is 0 Å². The molecule has 12 heavy (non-hydrogen) atoms. The Balaban J connectivity index is 2.90. The van der Waals surface area contributed by atoms with Crippen molar-refractivity contribution in [3.05, 3.63) is 34.9 Å². The standard InChI is InChI=1S/C10H13BrO/c1-8-3-9(6-11)5-10(4-8)7-12-2/h3-5H,6-7H2,1-2H3. The van der Waals surface area contributed by atoms with Gasteiger partial charge < -0.3 is 4.74 Å². The second-order valence-corrected chi connectivity index (χ2v) is 3.45. The molecule has 0 fully saturated rings. The molecule has 0 saturated heterocycles. The first-order valence-electron chi connectivity index (χ1n) is 3.90. The number of aryl methyl sites for hydroxylation is 1. The molecule has 0 radical (unpaired) electrons. The van der Waals surface area contributed by atoms with E-state index in [1.807, 2.05) is 0 Å². The maximum atomic E-state index is 5.07. The zero-order chi connectivity index (χ0) is 8.97. The lowest BCUT2D eigenvalue weighted by Gasteiger charge is -2.04. The molecular weight excluding hydrogens is 216 g/mol. The van der Waals surface area contributed by atoms with E-state index in [2.05, 4.69) is 41.1 Å². The van der Waals surface area contributed by atoms with E-state index in [0.29, 0.717) is 6.61 Å². The van der Waals surface area contributed by atoms with Crippen LogP contribution in [0.4, 0.5) is 0 Å². The zero-order valence-corrected chi connectivity index (χ0v) is 9.02. The number of halogens is 1. The van der Waals surface area contributed by atoms with E-state index in [0.717, 1.165) is 5.33 Å². The molecule has 0 aromatic heterocycles. The van der Waals surface area contributed by atoms with Crippen molar-refractivity contribution in [2.24, 2.45) is 0 Å². The van der Waals surface area contributed by atoms with Crippen LogP contribution in [0.25, 0.3) is 0 Å². The second kappa shape index (κ2) is 4.63. The number of benzene rings is 1. The summed E-state index contributed by atoms with van der Waals surface area (Å²) in [4.78, 5) is 0. The van der Waals surface area contributed by atoms with Gasteiger partial charge in [-0.3, -0.25) is 0 Å². The summed E-state index contributed by atoms with van der Waals surface area (Å²) < 4.78 is 5.07. The smallest absolute Gasteiger partial charge is 0.0713 e. The second-order valence-electron chi connectivity index (χ2n) is 2.89. The summed E-state index contributed by atoms with van der Waals surface area (Å²) in [6, 6.07) is 6.48. The molecule has 0 spiro atoms. The van der Waals surface area contributed by atoms with Crippen LogP contribution < -0.4 is 0 Å². The molecule has 2 heteroatoms.